The Morgan fingerprint density at radius 1 is 1.44 bits per heavy atom. The lowest BCUT2D eigenvalue weighted by Crippen LogP contribution is -2.32. The van der Waals surface area contributed by atoms with Crippen LogP contribution in [0.3, 0.4) is 0 Å². The zero-order valence-electron chi connectivity index (χ0n) is 14.9. The summed E-state index contributed by atoms with van der Waals surface area (Å²) < 4.78 is 24.5. The van der Waals surface area contributed by atoms with Crippen LogP contribution in [0.15, 0.2) is 45.1 Å². The molecule has 27 heavy (non-hydrogen) atoms. The van der Waals surface area contributed by atoms with Crippen LogP contribution in [0.25, 0.3) is 0 Å². The quantitative estimate of drug-likeness (QED) is 0.693. The molecular weight excluding hydrogens is 437 g/mol. The highest BCUT2D eigenvalue weighted by Gasteiger charge is 2.32. The summed E-state index contributed by atoms with van der Waals surface area (Å²) in [6, 6.07) is 3.62. The number of hydrogen-bond donors (Lipinski definition) is 1. The molecule has 1 N–H and O–H groups in total. The summed E-state index contributed by atoms with van der Waals surface area (Å²) >= 11 is 4.70. The number of carbonyl (C=O) groups is 1. The SMILES string of the molecule is CCOC(=O)C1=C(C)NC(c2ncc(OC)s2)=NC1c1ccc(F)cc1Br. The predicted octanol–water partition coefficient (Wildman–Crippen LogP) is 3.98. The van der Waals surface area contributed by atoms with Gasteiger partial charge in [-0.15, -0.1) is 0 Å². The maximum Gasteiger partial charge on any atom is 0.338 e. The second-order valence-electron chi connectivity index (χ2n) is 5.62. The Morgan fingerprint density at radius 3 is 2.85 bits per heavy atom. The monoisotopic (exact) mass is 453 g/mol. The first-order valence-corrected chi connectivity index (χ1v) is 9.73. The molecule has 0 fully saturated rings. The fourth-order valence-electron chi connectivity index (χ4n) is 2.67. The molecule has 1 unspecified atom stereocenters. The van der Waals surface area contributed by atoms with Crippen molar-refractivity contribution in [2.24, 2.45) is 4.99 Å². The third-order valence-electron chi connectivity index (χ3n) is 3.88. The molecule has 3 rings (SSSR count). The minimum absolute atomic E-state index is 0.243. The van der Waals surface area contributed by atoms with Gasteiger partial charge in [-0.2, -0.15) is 0 Å². The van der Waals surface area contributed by atoms with Crippen LogP contribution in [0.2, 0.25) is 0 Å². The van der Waals surface area contributed by atoms with Crippen molar-refractivity contribution in [3.05, 3.63) is 56.5 Å². The number of aliphatic imine (C=N–C) groups is 1. The van der Waals surface area contributed by atoms with Crippen LogP contribution in [0.5, 0.6) is 5.06 Å². The molecule has 142 valence electrons. The van der Waals surface area contributed by atoms with Gasteiger partial charge in [0.1, 0.15) is 11.9 Å². The Bertz CT molecular complexity index is 942. The summed E-state index contributed by atoms with van der Waals surface area (Å²) in [6.45, 7) is 3.76. The number of amidine groups is 1. The van der Waals surface area contributed by atoms with Crippen molar-refractivity contribution in [1.29, 1.82) is 0 Å². The summed E-state index contributed by atoms with van der Waals surface area (Å²) in [5, 5.41) is 4.39. The topological polar surface area (TPSA) is 72.8 Å². The molecule has 9 heteroatoms. The molecule has 2 heterocycles. The minimum Gasteiger partial charge on any atom is -0.486 e. The third-order valence-corrected chi connectivity index (χ3v) is 5.53. The zero-order valence-corrected chi connectivity index (χ0v) is 17.3. The molecule has 0 saturated heterocycles. The lowest BCUT2D eigenvalue weighted by Gasteiger charge is -2.26. The average Bonchev–Trinajstić information content (AvgIpc) is 3.10. The van der Waals surface area contributed by atoms with Gasteiger partial charge in [0.2, 0.25) is 0 Å². The number of carbonyl (C=O) groups excluding carboxylic acids is 1. The van der Waals surface area contributed by atoms with Gasteiger partial charge in [-0.25, -0.2) is 14.2 Å². The van der Waals surface area contributed by atoms with Crippen LogP contribution in [0, 0.1) is 5.82 Å². The van der Waals surface area contributed by atoms with E-state index in [1.807, 2.05) is 0 Å². The maximum absolute atomic E-state index is 13.5. The number of aromatic nitrogens is 1. The van der Waals surface area contributed by atoms with Crippen molar-refractivity contribution in [2.75, 3.05) is 13.7 Å². The second-order valence-corrected chi connectivity index (χ2v) is 7.47. The molecule has 0 aliphatic carbocycles. The standard InChI is InChI=1S/C18H17BrFN3O3S/c1-4-26-18(24)14-9(2)22-16(17-21-8-13(25-3)27-17)23-15(14)11-6-5-10(20)7-12(11)19/h5-8,15H,4H2,1-3H3,(H,22,23). The van der Waals surface area contributed by atoms with Crippen molar-refractivity contribution in [2.45, 2.75) is 19.9 Å². The van der Waals surface area contributed by atoms with Crippen molar-refractivity contribution >= 4 is 39.1 Å². The number of hydrogen-bond acceptors (Lipinski definition) is 7. The highest BCUT2D eigenvalue weighted by molar-refractivity contribution is 9.10. The van der Waals surface area contributed by atoms with E-state index in [0.717, 1.165) is 0 Å². The van der Waals surface area contributed by atoms with Gasteiger partial charge in [0, 0.05) is 10.2 Å². The number of allylic oxidation sites excluding steroid dienone is 1. The van der Waals surface area contributed by atoms with Gasteiger partial charge in [0.05, 0.1) is 25.5 Å². The molecule has 0 radical (unpaired) electrons. The summed E-state index contributed by atoms with van der Waals surface area (Å²) in [5.41, 5.74) is 1.63. The van der Waals surface area contributed by atoms with Crippen LogP contribution in [-0.2, 0) is 9.53 Å². The Kier molecular flexibility index (Phi) is 5.91. The molecule has 1 aromatic heterocycles. The average molecular weight is 454 g/mol. The Balaban J connectivity index is 2.10. The molecule has 2 aromatic rings. The molecule has 1 aliphatic heterocycles. The summed E-state index contributed by atoms with van der Waals surface area (Å²) in [5.74, 6) is -0.342. The normalized spacial score (nSPS) is 16.6. The molecule has 0 spiro atoms. The van der Waals surface area contributed by atoms with Gasteiger partial charge in [-0.1, -0.05) is 33.3 Å². The van der Waals surface area contributed by atoms with E-state index in [-0.39, 0.29) is 12.4 Å². The smallest absolute Gasteiger partial charge is 0.338 e. The Hall–Kier alpha value is -2.26. The number of nitrogens with one attached hydrogen (secondary N) is 1. The number of methoxy groups -OCH3 is 1. The van der Waals surface area contributed by atoms with E-state index < -0.39 is 12.0 Å². The first-order chi connectivity index (χ1) is 12.9. The van der Waals surface area contributed by atoms with Crippen LogP contribution in [0.1, 0.15) is 30.5 Å². The predicted molar refractivity (Wildman–Crippen MR) is 105 cm³/mol. The maximum atomic E-state index is 13.5. The third kappa shape index (κ3) is 4.03. The van der Waals surface area contributed by atoms with E-state index in [9.17, 15) is 9.18 Å². The van der Waals surface area contributed by atoms with Gasteiger partial charge in [-0.05, 0) is 31.5 Å². The molecule has 1 aliphatic rings. The number of halogens is 2. The van der Waals surface area contributed by atoms with Crippen LogP contribution >= 0.6 is 27.3 Å². The first kappa shape index (κ1) is 19.5. The van der Waals surface area contributed by atoms with Gasteiger partial charge in [0.25, 0.3) is 0 Å². The second kappa shape index (κ2) is 8.18. The van der Waals surface area contributed by atoms with Crippen LogP contribution < -0.4 is 10.1 Å². The molecule has 6 nitrogen and oxygen atoms in total. The van der Waals surface area contributed by atoms with E-state index in [0.29, 0.717) is 37.2 Å². The molecule has 0 amide bonds. The lowest BCUT2D eigenvalue weighted by molar-refractivity contribution is -0.138. The molecular formula is C18H17BrFN3O3S. The highest BCUT2D eigenvalue weighted by Crippen LogP contribution is 2.37. The molecule has 1 atom stereocenters. The Morgan fingerprint density at radius 2 is 2.22 bits per heavy atom. The van der Waals surface area contributed by atoms with E-state index >= 15 is 0 Å². The van der Waals surface area contributed by atoms with Crippen molar-refractivity contribution in [1.82, 2.24) is 10.3 Å². The zero-order chi connectivity index (χ0) is 19.6. The minimum atomic E-state index is -0.662. The summed E-state index contributed by atoms with van der Waals surface area (Å²) in [6.07, 6.45) is 1.60. The molecule has 0 bridgehead atoms. The largest absolute Gasteiger partial charge is 0.486 e. The fourth-order valence-corrected chi connectivity index (χ4v) is 3.92. The highest BCUT2D eigenvalue weighted by atomic mass is 79.9. The summed E-state index contributed by atoms with van der Waals surface area (Å²) in [7, 11) is 1.57. The molecule has 1 aromatic carbocycles. The number of esters is 1. The van der Waals surface area contributed by atoms with Crippen LogP contribution in [-0.4, -0.2) is 30.5 Å². The number of rotatable bonds is 5. The number of ether oxygens (including phenoxy) is 2. The van der Waals surface area contributed by atoms with E-state index in [1.165, 1.54) is 23.5 Å². The first-order valence-electron chi connectivity index (χ1n) is 8.12. The Labute approximate surface area is 168 Å². The van der Waals surface area contributed by atoms with E-state index in [1.54, 1.807) is 33.2 Å². The number of nitrogens with zero attached hydrogens (tertiary/aromatic N) is 2. The van der Waals surface area contributed by atoms with Crippen molar-refractivity contribution in [3.63, 3.8) is 0 Å². The number of thiazole rings is 1. The van der Waals surface area contributed by atoms with E-state index in [2.05, 4.69) is 31.2 Å². The van der Waals surface area contributed by atoms with Gasteiger partial charge >= 0.3 is 5.97 Å². The van der Waals surface area contributed by atoms with Gasteiger partial charge < -0.3 is 14.8 Å². The number of benzene rings is 1. The summed E-state index contributed by atoms with van der Waals surface area (Å²) in [4.78, 5) is 21.5. The van der Waals surface area contributed by atoms with Crippen molar-refractivity contribution < 1.29 is 18.7 Å². The van der Waals surface area contributed by atoms with Crippen molar-refractivity contribution in [3.8, 4) is 5.06 Å². The van der Waals surface area contributed by atoms with Crippen LogP contribution in [0.4, 0.5) is 4.39 Å². The van der Waals surface area contributed by atoms with Gasteiger partial charge in [0.15, 0.2) is 15.9 Å². The van der Waals surface area contributed by atoms with Gasteiger partial charge in [-0.3, -0.25) is 4.99 Å². The fraction of sp³-hybridized carbons (Fsp3) is 0.278. The van der Waals surface area contributed by atoms with E-state index in [4.69, 9.17) is 9.47 Å². The lowest BCUT2D eigenvalue weighted by atomic mass is 9.96. The molecule has 0 saturated carbocycles.